The number of nitrogens with zero attached hydrogens (tertiary/aromatic N) is 2. The van der Waals surface area contributed by atoms with Crippen molar-refractivity contribution in [3.63, 3.8) is 0 Å². The molecule has 0 aliphatic rings. The Balaban J connectivity index is 1.94. The number of hydrogen-bond acceptors (Lipinski definition) is 3. The topological polar surface area (TPSA) is 95.1 Å². The smallest absolute Gasteiger partial charge is 0.335 e. The van der Waals surface area contributed by atoms with Gasteiger partial charge in [0, 0.05) is 22.8 Å². The Morgan fingerprint density at radius 1 is 1.03 bits per heavy atom. The zero-order valence-corrected chi connectivity index (χ0v) is 17.9. The number of amides is 1. The Labute approximate surface area is 181 Å². The van der Waals surface area contributed by atoms with E-state index in [4.69, 9.17) is 5.11 Å². The molecule has 3 aromatic rings. The first-order valence-corrected chi connectivity index (χ1v) is 9.73. The average Bonchev–Trinajstić information content (AvgIpc) is 2.98. The van der Waals surface area contributed by atoms with Crippen molar-refractivity contribution in [3.05, 3.63) is 87.7 Å². The number of aromatic carboxylic acids is 1. The fraction of sp³-hybridized carbons (Fsp3) is 0.160. The normalized spacial score (nSPS) is 11.1. The molecule has 31 heavy (non-hydrogen) atoms. The third-order valence-electron chi connectivity index (χ3n) is 4.97. The van der Waals surface area contributed by atoms with Gasteiger partial charge < -0.3 is 15.0 Å². The van der Waals surface area contributed by atoms with Gasteiger partial charge in [-0.2, -0.15) is 5.26 Å². The Morgan fingerprint density at radius 2 is 1.71 bits per heavy atom. The van der Waals surface area contributed by atoms with Gasteiger partial charge in [-0.3, -0.25) is 4.79 Å². The fourth-order valence-corrected chi connectivity index (χ4v) is 3.64. The summed E-state index contributed by atoms with van der Waals surface area (Å²) in [5.74, 6) is -1.69. The summed E-state index contributed by atoms with van der Waals surface area (Å²) >= 11 is 0. The van der Waals surface area contributed by atoms with Crippen molar-refractivity contribution in [2.24, 2.45) is 0 Å². The zero-order chi connectivity index (χ0) is 22.7. The molecule has 0 saturated heterocycles. The zero-order valence-electron chi connectivity index (χ0n) is 17.9. The lowest BCUT2D eigenvalue weighted by atomic mass is 10.1. The maximum absolute atomic E-state index is 12.6. The first-order chi connectivity index (χ1) is 14.7. The number of nitrogens with one attached hydrogen (secondary N) is 1. The molecular formula is C25H23N3O3. The number of anilines is 1. The average molecular weight is 413 g/mol. The molecular weight excluding hydrogens is 390 g/mol. The van der Waals surface area contributed by atoms with E-state index < -0.39 is 11.9 Å². The van der Waals surface area contributed by atoms with E-state index in [2.05, 4.69) is 28.1 Å². The van der Waals surface area contributed by atoms with Crippen LogP contribution in [0.15, 0.2) is 54.1 Å². The molecule has 1 amide bonds. The van der Waals surface area contributed by atoms with Gasteiger partial charge in [-0.25, -0.2) is 4.79 Å². The molecule has 0 atom stereocenters. The second-order valence-corrected chi connectivity index (χ2v) is 7.52. The summed E-state index contributed by atoms with van der Waals surface area (Å²) in [6, 6.07) is 16.1. The predicted molar refractivity (Wildman–Crippen MR) is 120 cm³/mol. The summed E-state index contributed by atoms with van der Waals surface area (Å²) in [6.45, 7) is 8.01. The van der Waals surface area contributed by atoms with Crippen molar-refractivity contribution in [3.8, 4) is 11.8 Å². The van der Waals surface area contributed by atoms with Crippen molar-refractivity contribution in [1.82, 2.24) is 4.57 Å². The number of hydrogen-bond donors (Lipinski definition) is 2. The van der Waals surface area contributed by atoms with E-state index in [1.165, 1.54) is 18.2 Å². The standard InChI is InChI=1S/C25H23N3O3/c1-15-8-16(2)10-23(9-15)28-17(3)11-20(18(28)4)12-21(14-26)24(29)27-22-7-5-6-19(13-22)25(30)31/h5-13H,1-4H3,(H,27,29)(H,30,31)/b21-12-. The summed E-state index contributed by atoms with van der Waals surface area (Å²) < 4.78 is 2.09. The molecule has 2 N–H and O–H groups in total. The van der Waals surface area contributed by atoms with Crippen molar-refractivity contribution < 1.29 is 14.7 Å². The highest BCUT2D eigenvalue weighted by atomic mass is 16.4. The molecule has 156 valence electrons. The van der Waals surface area contributed by atoms with Gasteiger partial charge in [-0.1, -0.05) is 12.1 Å². The van der Waals surface area contributed by atoms with E-state index in [0.717, 1.165) is 33.8 Å². The molecule has 0 saturated carbocycles. The minimum absolute atomic E-state index is 0.0530. The van der Waals surface area contributed by atoms with Gasteiger partial charge in [0.25, 0.3) is 5.91 Å². The number of carboxylic acids is 1. The summed E-state index contributed by atoms with van der Waals surface area (Å²) in [5, 5.41) is 21.3. The lowest BCUT2D eigenvalue weighted by Gasteiger charge is -2.12. The Bertz CT molecular complexity index is 1240. The highest BCUT2D eigenvalue weighted by molar-refractivity contribution is 6.10. The number of rotatable bonds is 5. The summed E-state index contributed by atoms with van der Waals surface area (Å²) in [4.78, 5) is 23.8. The number of aryl methyl sites for hydroxylation is 3. The van der Waals surface area contributed by atoms with E-state index in [0.29, 0.717) is 5.69 Å². The van der Waals surface area contributed by atoms with E-state index in [9.17, 15) is 14.9 Å². The van der Waals surface area contributed by atoms with E-state index in [-0.39, 0.29) is 11.1 Å². The van der Waals surface area contributed by atoms with Crippen molar-refractivity contribution in [2.45, 2.75) is 27.7 Å². The largest absolute Gasteiger partial charge is 0.478 e. The van der Waals surface area contributed by atoms with Gasteiger partial charge in [0.15, 0.2) is 0 Å². The van der Waals surface area contributed by atoms with Crippen molar-refractivity contribution in [2.75, 3.05) is 5.32 Å². The SMILES string of the molecule is Cc1cc(C)cc(-n2c(C)cc(/C=C(/C#N)C(=O)Nc3cccc(C(=O)O)c3)c2C)c1. The number of aromatic nitrogens is 1. The molecule has 0 bridgehead atoms. The van der Waals surface area contributed by atoms with Gasteiger partial charge in [-0.05, 0) is 86.9 Å². The summed E-state index contributed by atoms with van der Waals surface area (Å²) in [6.07, 6.45) is 1.55. The van der Waals surface area contributed by atoms with Crippen LogP contribution in [0, 0.1) is 39.0 Å². The summed E-state index contributed by atoms with van der Waals surface area (Å²) in [5.41, 5.74) is 6.30. The van der Waals surface area contributed by atoms with E-state index in [1.54, 1.807) is 12.1 Å². The molecule has 0 aliphatic carbocycles. The highest BCUT2D eigenvalue weighted by Crippen LogP contribution is 2.24. The number of benzene rings is 2. The summed E-state index contributed by atoms with van der Waals surface area (Å²) in [7, 11) is 0. The minimum Gasteiger partial charge on any atom is -0.478 e. The first kappa shape index (κ1) is 21.6. The van der Waals surface area contributed by atoms with Crippen LogP contribution >= 0.6 is 0 Å². The molecule has 2 aromatic carbocycles. The van der Waals surface area contributed by atoms with Crippen LogP contribution in [0.3, 0.4) is 0 Å². The quantitative estimate of drug-likeness (QED) is 0.457. The number of nitriles is 1. The van der Waals surface area contributed by atoms with Crippen LogP contribution in [0.25, 0.3) is 11.8 Å². The lowest BCUT2D eigenvalue weighted by molar-refractivity contribution is -0.112. The molecule has 0 fully saturated rings. The monoisotopic (exact) mass is 413 g/mol. The molecule has 6 nitrogen and oxygen atoms in total. The molecule has 1 aromatic heterocycles. The van der Waals surface area contributed by atoms with Crippen LogP contribution in [-0.2, 0) is 4.79 Å². The number of carboxylic acid groups (broad SMARTS) is 1. The fourth-order valence-electron chi connectivity index (χ4n) is 3.64. The Morgan fingerprint density at radius 3 is 2.32 bits per heavy atom. The van der Waals surface area contributed by atoms with Gasteiger partial charge in [0.2, 0.25) is 0 Å². The maximum Gasteiger partial charge on any atom is 0.335 e. The molecule has 0 aliphatic heterocycles. The van der Waals surface area contributed by atoms with E-state index >= 15 is 0 Å². The molecule has 1 heterocycles. The molecule has 0 radical (unpaired) electrons. The predicted octanol–water partition coefficient (Wildman–Crippen LogP) is 4.95. The second-order valence-electron chi connectivity index (χ2n) is 7.52. The second kappa shape index (κ2) is 8.72. The molecule has 6 heteroatoms. The van der Waals surface area contributed by atoms with Gasteiger partial charge >= 0.3 is 5.97 Å². The lowest BCUT2D eigenvalue weighted by Crippen LogP contribution is -2.14. The van der Waals surface area contributed by atoms with Crippen LogP contribution in [-0.4, -0.2) is 21.6 Å². The first-order valence-electron chi connectivity index (χ1n) is 9.73. The number of carbonyl (C=O) groups excluding carboxylic acids is 1. The van der Waals surface area contributed by atoms with Crippen molar-refractivity contribution in [1.29, 1.82) is 5.26 Å². The van der Waals surface area contributed by atoms with Crippen LogP contribution in [0.2, 0.25) is 0 Å². The Hall–Kier alpha value is -4.11. The van der Waals surface area contributed by atoms with E-state index in [1.807, 2.05) is 39.8 Å². The molecule has 0 spiro atoms. The van der Waals surface area contributed by atoms with Crippen LogP contribution in [0.1, 0.15) is 38.4 Å². The van der Waals surface area contributed by atoms with Gasteiger partial charge in [0.1, 0.15) is 11.6 Å². The van der Waals surface area contributed by atoms with Crippen LogP contribution in [0.4, 0.5) is 5.69 Å². The third kappa shape index (κ3) is 4.73. The molecule has 0 unspecified atom stereocenters. The van der Waals surface area contributed by atoms with Crippen molar-refractivity contribution >= 4 is 23.6 Å². The maximum atomic E-state index is 12.6. The molecule has 3 rings (SSSR count). The van der Waals surface area contributed by atoms with Gasteiger partial charge in [-0.15, -0.1) is 0 Å². The van der Waals surface area contributed by atoms with Gasteiger partial charge in [0.05, 0.1) is 5.56 Å². The minimum atomic E-state index is -1.09. The number of carbonyl (C=O) groups is 2. The third-order valence-corrected chi connectivity index (χ3v) is 4.97. The van der Waals surface area contributed by atoms with Crippen LogP contribution in [0.5, 0.6) is 0 Å². The highest BCUT2D eigenvalue weighted by Gasteiger charge is 2.15. The van der Waals surface area contributed by atoms with Crippen LogP contribution < -0.4 is 5.32 Å². The Kier molecular flexibility index (Phi) is 6.07.